The van der Waals surface area contributed by atoms with Gasteiger partial charge >= 0.3 is 5.97 Å². The molecule has 9 nitrogen and oxygen atoms in total. The number of nitrogens with zero attached hydrogens (tertiary/aromatic N) is 5. The topological polar surface area (TPSA) is 89.8 Å². The number of aryl methyl sites for hydroxylation is 2. The second-order valence-corrected chi connectivity index (χ2v) is 11.8. The lowest BCUT2D eigenvalue weighted by Gasteiger charge is -2.47. The minimum absolute atomic E-state index is 0.0554. The summed E-state index contributed by atoms with van der Waals surface area (Å²) in [4.78, 5) is 39.6. The summed E-state index contributed by atoms with van der Waals surface area (Å²) < 4.78 is 26.4. The van der Waals surface area contributed by atoms with Crippen molar-refractivity contribution in [2.24, 2.45) is 0 Å². The highest BCUT2D eigenvalue weighted by Gasteiger charge is 2.38. The second-order valence-electron chi connectivity index (χ2n) is 11.4. The summed E-state index contributed by atoms with van der Waals surface area (Å²) in [5.41, 5.74) is 3.73. The molecule has 0 saturated carbocycles. The molecule has 0 aliphatic carbocycles. The Morgan fingerprint density at radius 3 is 2.49 bits per heavy atom. The molecule has 11 heteroatoms. The third-order valence-corrected chi connectivity index (χ3v) is 8.26. The highest BCUT2D eigenvalue weighted by molar-refractivity contribution is 6.30. The van der Waals surface area contributed by atoms with E-state index < -0.39 is 17.3 Å². The van der Waals surface area contributed by atoms with Crippen LogP contribution in [0.5, 0.6) is 0 Å². The first-order valence-corrected chi connectivity index (χ1v) is 14.4. The van der Waals surface area contributed by atoms with Gasteiger partial charge in [-0.15, -0.1) is 0 Å². The van der Waals surface area contributed by atoms with Gasteiger partial charge in [-0.05, 0) is 69.2 Å². The first-order chi connectivity index (χ1) is 20.4. The number of anilines is 1. The molecule has 43 heavy (non-hydrogen) atoms. The smallest absolute Gasteiger partial charge is 0.339 e. The van der Waals surface area contributed by atoms with E-state index in [1.807, 2.05) is 48.6 Å². The molecule has 1 amide bonds. The number of carbonyl (C=O) groups is 2. The SMILES string of the molecule is COCCn1cc(-c2ccc(Cl)c(F)c2)c2ccc(C(=O)N3CCN(c4cc(C)c(C(=O)OC)c(C)n4)CC3(C)C)nc21. The number of amides is 1. The average molecular weight is 608 g/mol. The number of hydrogen-bond donors (Lipinski definition) is 0. The molecule has 226 valence electrons. The van der Waals surface area contributed by atoms with Gasteiger partial charge in [-0.3, -0.25) is 4.79 Å². The summed E-state index contributed by atoms with van der Waals surface area (Å²) in [6.45, 7) is 10.2. The zero-order valence-electron chi connectivity index (χ0n) is 25.2. The van der Waals surface area contributed by atoms with Gasteiger partial charge in [-0.2, -0.15) is 0 Å². The van der Waals surface area contributed by atoms with Crippen LogP contribution >= 0.6 is 11.6 Å². The molecule has 0 unspecified atom stereocenters. The van der Waals surface area contributed by atoms with Crippen molar-refractivity contribution >= 4 is 40.3 Å². The van der Waals surface area contributed by atoms with Gasteiger partial charge in [0.15, 0.2) is 0 Å². The van der Waals surface area contributed by atoms with Crippen LogP contribution in [0, 0.1) is 19.7 Å². The predicted molar refractivity (Wildman–Crippen MR) is 164 cm³/mol. The molecule has 1 aliphatic heterocycles. The first kappa shape index (κ1) is 30.4. The number of aromatic nitrogens is 3. The molecule has 1 fully saturated rings. The van der Waals surface area contributed by atoms with Crippen LogP contribution in [0.25, 0.3) is 22.2 Å². The van der Waals surface area contributed by atoms with E-state index in [-0.39, 0.29) is 10.9 Å². The van der Waals surface area contributed by atoms with Crippen LogP contribution in [-0.4, -0.2) is 77.3 Å². The Morgan fingerprint density at radius 1 is 1.07 bits per heavy atom. The summed E-state index contributed by atoms with van der Waals surface area (Å²) in [7, 11) is 2.98. The summed E-state index contributed by atoms with van der Waals surface area (Å²) in [5.74, 6) is -0.330. The van der Waals surface area contributed by atoms with Crippen molar-refractivity contribution in [1.82, 2.24) is 19.4 Å². The van der Waals surface area contributed by atoms with Crippen LogP contribution in [0.4, 0.5) is 10.2 Å². The van der Waals surface area contributed by atoms with E-state index in [0.717, 1.165) is 22.3 Å². The molecular weight excluding hydrogens is 573 g/mol. The molecule has 0 bridgehead atoms. The van der Waals surface area contributed by atoms with Crippen LogP contribution in [0.3, 0.4) is 0 Å². The Morgan fingerprint density at radius 2 is 1.84 bits per heavy atom. The maximum atomic E-state index is 14.3. The molecule has 0 spiro atoms. The fourth-order valence-electron chi connectivity index (χ4n) is 5.79. The molecule has 4 heterocycles. The molecule has 0 radical (unpaired) electrons. The summed E-state index contributed by atoms with van der Waals surface area (Å²) in [6, 6.07) is 10.2. The number of ether oxygens (including phenoxy) is 2. The number of pyridine rings is 2. The van der Waals surface area contributed by atoms with Gasteiger partial charge < -0.3 is 23.8 Å². The van der Waals surface area contributed by atoms with Crippen molar-refractivity contribution in [1.29, 1.82) is 0 Å². The number of carbonyl (C=O) groups excluding carboxylic acids is 2. The van der Waals surface area contributed by atoms with Gasteiger partial charge in [0.25, 0.3) is 5.91 Å². The quantitative estimate of drug-likeness (QED) is 0.250. The number of esters is 1. The van der Waals surface area contributed by atoms with Crippen LogP contribution in [0.1, 0.15) is 46.0 Å². The van der Waals surface area contributed by atoms with Crippen molar-refractivity contribution < 1.29 is 23.5 Å². The Kier molecular flexibility index (Phi) is 8.45. The molecule has 5 rings (SSSR count). The van der Waals surface area contributed by atoms with Crippen molar-refractivity contribution in [3.8, 4) is 11.1 Å². The molecule has 0 N–H and O–H groups in total. The second kappa shape index (κ2) is 11.9. The molecule has 1 aliphatic rings. The maximum absolute atomic E-state index is 14.3. The third kappa shape index (κ3) is 5.81. The minimum Gasteiger partial charge on any atom is -0.465 e. The van der Waals surface area contributed by atoms with Gasteiger partial charge in [0.05, 0.1) is 35.5 Å². The van der Waals surface area contributed by atoms with E-state index in [4.69, 9.17) is 31.0 Å². The Balaban J connectivity index is 1.43. The fourth-order valence-corrected chi connectivity index (χ4v) is 5.90. The number of methoxy groups -OCH3 is 2. The summed E-state index contributed by atoms with van der Waals surface area (Å²) >= 11 is 5.92. The molecule has 4 aromatic rings. The lowest BCUT2D eigenvalue weighted by molar-refractivity contribution is 0.0506. The third-order valence-electron chi connectivity index (χ3n) is 7.95. The van der Waals surface area contributed by atoms with Gasteiger partial charge in [-0.25, -0.2) is 19.2 Å². The number of benzene rings is 1. The van der Waals surface area contributed by atoms with Gasteiger partial charge in [-0.1, -0.05) is 17.7 Å². The summed E-state index contributed by atoms with van der Waals surface area (Å²) in [6.07, 6.45) is 1.90. The van der Waals surface area contributed by atoms with Crippen molar-refractivity contribution in [3.63, 3.8) is 0 Å². The van der Waals surface area contributed by atoms with E-state index in [9.17, 15) is 14.0 Å². The van der Waals surface area contributed by atoms with E-state index in [0.29, 0.717) is 60.9 Å². The maximum Gasteiger partial charge on any atom is 0.339 e. The highest BCUT2D eigenvalue weighted by atomic mass is 35.5. The Hall–Kier alpha value is -4.02. The number of fused-ring (bicyclic) bond motifs is 1. The lowest BCUT2D eigenvalue weighted by atomic mass is 9.97. The number of hydrogen-bond acceptors (Lipinski definition) is 7. The van der Waals surface area contributed by atoms with E-state index in [1.165, 1.54) is 19.2 Å². The zero-order valence-corrected chi connectivity index (χ0v) is 26.0. The monoisotopic (exact) mass is 607 g/mol. The van der Waals surface area contributed by atoms with E-state index >= 15 is 0 Å². The standard InChI is InChI=1S/C32H35ClFN5O4/c1-19-15-27(35-20(2)28(19)31(41)43-6)38-11-12-39(32(3,4)18-38)30(40)26-10-8-22-23(21-7-9-24(33)25(34)16-21)17-37(13-14-42-5)29(22)36-26/h7-10,15-17H,11-14,18H2,1-6H3. The van der Waals surface area contributed by atoms with E-state index in [1.54, 1.807) is 26.2 Å². The zero-order chi connectivity index (χ0) is 31.1. The number of halogens is 2. The van der Waals surface area contributed by atoms with E-state index in [2.05, 4.69) is 4.90 Å². The molecule has 1 aromatic carbocycles. The average Bonchev–Trinajstić information content (AvgIpc) is 3.33. The Labute approximate surface area is 255 Å². The predicted octanol–water partition coefficient (Wildman–Crippen LogP) is 5.68. The minimum atomic E-state index is -0.541. The number of rotatable bonds is 7. The fraction of sp³-hybridized carbons (Fsp3) is 0.375. The molecular formula is C32H35ClFN5O4. The van der Waals surface area contributed by atoms with Gasteiger partial charge in [0, 0.05) is 50.4 Å². The van der Waals surface area contributed by atoms with Crippen LogP contribution < -0.4 is 4.90 Å². The summed E-state index contributed by atoms with van der Waals surface area (Å²) in [5, 5.41) is 0.852. The van der Waals surface area contributed by atoms with Crippen molar-refractivity contribution in [2.75, 3.05) is 45.4 Å². The molecule has 0 atom stereocenters. The van der Waals surface area contributed by atoms with Gasteiger partial charge in [0.1, 0.15) is 23.0 Å². The largest absolute Gasteiger partial charge is 0.465 e. The normalized spacial score (nSPS) is 14.8. The number of piperazine rings is 1. The van der Waals surface area contributed by atoms with Crippen LogP contribution in [0.15, 0.2) is 42.6 Å². The molecule has 3 aromatic heterocycles. The van der Waals surface area contributed by atoms with Crippen LogP contribution in [-0.2, 0) is 16.0 Å². The van der Waals surface area contributed by atoms with Crippen LogP contribution in [0.2, 0.25) is 5.02 Å². The highest BCUT2D eigenvalue weighted by Crippen LogP contribution is 2.33. The Bertz CT molecular complexity index is 1700. The lowest BCUT2D eigenvalue weighted by Crippen LogP contribution is -2.61. The van der Waals surface area contributed by atoms with Crippen molar-refractivity contribution in [3.05, 3.63) is 75.9 Å². The van der Waals surface area contributed by atoms with Crippen molar-refractivity contribution in [2.45, 2.75) is 39.8 Å². The first-order valence-electron chi connectivity index (χ1n) is 14.0. The van der Waals surface area contributed by atoms with Gasteiger partial charge in [0.2, 0.25) is 0 Å². The molecule has 1 saturated heterocycles.